The Bertz CT molecular complexity index is 813. The number of rotatable bonds is 8. The number of carbonyl (C=O) groups is 1. The molecule has 0 radical (unpaired) electrons. The van der Waals surface area contributed by atoms with Crippen molar-refractivity contribution in [1.82, 2.24) is 15.2 Å². The number of ether oxygens (including phenoxy) is 1. The highest BCUT2D eigenvalue weighted by Gasteiger charge is 2.36. The molecule has 0 bridgehead atoms. The van der Waals surface area contributed by atoms with Crippen LogP contribution in [0.25, 0.3) is 10.9 Å². The molecule has 5 heteroatoms. The van der Waals surface area contributed by atoms with E-state index in [-0.39, 0.29) is 5.92 Å². The molecule has 1 aliphatic carbocycles. The maximum Gasteiger partial charge on any atom is 0.227 e. The number of benzene rings is 1. The lowest BCUT2D eigenvalue weighted by Crippen LogP contribution is -2.43. The Labute approximate surface area is 167 Å². The quantitative estimate of drug-likeness (QED) is 0.713. The first-order chi connectivity index (χ1) is 13.8. The number of piperidine rings is 1. The minimum Gasteiger partial charge on any atom is -0.385 e. The van der Waals surface area contributed by atoms with E-state index in [9.17, 15) is 4.79 Å². The summed E-state index contributed by atoms with van der Waals surface area (Å²) in [5.74, 6) is 0.458. The molecule has 1 atom stereocenters. The van der Waals surface area contributed by atoms with Crippen molar-refractivity contribution in [3.63, 3.8) is 0 Å². The van der Waals surface area contributed by atoms with E-state index in [4.69, 9.17) is 9.72 Å². The van der Waals surface area contributed by atoms with Gasteiger partial charge in [0.05, 0.1) is 11.4 Å². The first-order valence-corrected chi connectivity index (χ1v) is 10.6. The fourth-order valence-electron chi connectivity index (χ4n) is 4.22. The van der Waals surface area contributed by atoms with Gasteiger partial charge < -0.3 is 15.0 Å². The molecular formula is C23H31N3O2. The van der Waals surface area contributed by atoms with E-state index in [1.165, 1.54) is 10.9 Å². The molecule has 1 aromatic heterocycles. The third kappa shape index (κ3) is 4.53. The average molecular weight is 382 g/mol. The predicted molar refractivity (Wildman–Crippen MR) is 111 cm³/mol. The number of pyridine rings is 1. The van der Waals surface area contributed by atoms with Crippen LogP contribution in [0.5, 0.6) is 0 Å². The highest BCUT2D eigenvalue weighted by Crippen LogP contribution is 2.32. The van der Waals surface area contributed by atoms with E-state index in [2.05, 4.69) is 34.5 Å². The van der Waals surface area contributed by atoms with Gasteiger partial charge in [0, 0.05) is 43.9 Å². The van der Waals surface area contributed by atoms with Gasteiger partial charge >= 0.3 is 0 Å². The third-order valence-corrected chi connectivity index (χ3v) is 5.89. The minimum absolute atomic E-state index is 0.128. The van der Waals surface area contributed by atoms with Crippen LogP contribution in [0.1, 0.15) is 43.4 Å². The molecular weight excluding hydrogens is 350 g/mol. The summed E-state index contributed by atoms with van der Waals surface area (Å²) in [6, 6.07) is 10.9. The molecule has 1 aliphatic heterocycles. The highest BCUT2D eigenvalue weighted by molar-refractivity contribution is 5.84. The predicted octanol–water partition coefficient (Wildman–Crippen LogP) is 3.30. The largest absolute Gasteiger partial charge is 0.385 e. The summed E-state index contributed by atoms with van der Waals surface area (Å²) in [6.45, 7) is 3.29. The number of methoxy groups -OCH3 is 1. The van der Waals surface area contributed by atoms with E-state index in [0.29, 0.717) is 18.5 Å². The Hall–Kier alpha value is -1.98. The molecule has 2 aliphatic rings. The lowest BCUT2D eigenvalue weighted by molar-refractivity contribution is -0.137. The van der Waals surface area contributed by atoms with Crippen LogP contribution in [-0.4, -0.2) is 48.6 Å². The number of carbonyl (C=O) groups excluding carboxylic acids is 1. The molecule has 1 amide bonds. The summed E-state index contributed by atoms with van der Waals surface area (Å²) in [5.41, 5.74) is 3.34. The van der Waals surface area contributed by atoms with Crippen LogP contribution in [0, 0.1) is 5.92 Å². The van der Waals surface area contributed by atoms with Crippen molar-refractivity contribution >= 4 is 16.8 Å². The second-order valence-electron chi connectivity index (χ2n) is 8.13. The van der Waals surface area contributed by atoms with Crippen molar-refractivity contribution in [3.8, 4) is 0 Å². The van der Waals surface area contributed by atoms with Crippen LogP contribution in [0.15, 0.2) is 30.3 Å². The smallest absolute Gasteiger partial charge is 0.227 e. The zero-order valence-corrected chi connectivity index (χ0v) is 16.8. The first-order valence-electron chi connectivity index (χ1n) is 10.6. The lowest BCUT2D eigenvalue weighted by Gasteiger charge is -2.30. The van der Waals surface area contributed by atoms with E-state index < -0.39 is 0 Å². The van der Waals surface area contributed by atoms with Gasteiger partial charge in [-0.05, 0) is 62.8 Å². The molecule has 2 heterocycles. The average Bonchev–Trinajstić information content (AvgIpc) is 3.57. The van der Waals surface area contributed by atoms with E-state index in [1.54, 1.807) is 7.11 Å². The maximum absolute atomic E-state index is 13.3. The first kappa shape index (κ1) is 19.3. The Kier molecular flexibility index (Phi) is 6.23. The van der Waals surface area contributed by atoms with Gasteiger partial charge in [-0.3, -0.25) is 9.78 Å². The second-order valence-corrected chi connectivity index (χ2v) is 8.13. The Morgan fingerprint density at radius 2 is 2.14 bits per heavy atom. The van der Waals surface area contributed by atoms with Crippen LogP contribution in [0.4, 0.5) is 0 Å². The number of hydrogen-bond donors (Lipinski definition) is 1. The second kappa shape index (κ2) is 9.01. The maximum atomic E-state index is 13.3. The summed E-state index contributed by atoms with van der Waals surface area (Å²) in [7, 11) is 1.73. The molecule has 1 saturated carbocycles. The van der Waals surface area contributed by atoms with Gasteiger partial charge in [-0.1, -0.05) is 18.2 Å². The summed E-state index contributed by atoms with van der Waals surface area (Å²) >= 11 is 0. The van der Waals surface area contributed by atoms with Crippen LogP contribution in [0.3, 0.4) is 0 Å². The fraction of sp³-hybridized carbons (Fsp3) is 0.565. The van der Waals surface area contributed by atoms with Gasteiger partial charge in [-0.2, -0.15) is 0 Å². The van der Waals surface area contributed by atoms with Crippen molar-refractivity contribution in [1.29, 1.82) is 0 Å². The Morgan fingerprint density at radius 1 is 1.29 bits per heavy atom. The van der Waals surface area contributed by atoms with Crippen LogP contribution in [0.2, 0.25) is 0 Å². The zero-order chi connectivity index (χ0) is 19.3. The molecule has 1 N–H and O–H groups in total. The number of fused-ring (bicyclic) bond motifs is 1. The van der Waals surface area contributed by atoms with Crippen molar-refractivity contribution in [2.24, 2.45) is 5.92 Å². The fourth-order valence-corrected chi connectivity index (χ4v) is 4.22. The number of aromatic nitrogens is 1. The monoisotopic (exact) mass is 381 g/mol. The van der Waals surface area contributed by atoms with Gasteiger partial charge in [0.15, 0.2) is 0 Å². The van der Waals surface area contributed by atoms with E-state index >= 15 is 0 Å². The molecule has 2 fully saturated rings. The molecule has 0 unspecified atom stereocenters. The zero-order valence-electron chi connectivity index (χ0n) is 16.8. The molecule has 2 aromatic rings. The van der Waals surface area contributed by atoms with Crippen LogP contribution in [-0.2, 0) is 22.5 Å². The summed E-state index contributed by atoms with van der Waals surface area (Å²) < 4.78 is 5.20. The summed E-state index contributed by atoms with van der Waals surface area (Å²) in [4.78, 5) is 20.3. The molecule has 28 heavy (non-hydrogen) atoms. The minimum atomic E-state index is 0.128. The number of hydrogen-bond acceptors (Lipinski definition) is 4. The summed E-state index contributed by atoms with van der Waals surface area (Å²) in [5, 5.41) is 4.56. The van der Waals surface area contributed by atoms with Gasteiger partial charge in [0.25, 0.3) is 0 Å². The molecule has 5 nitrogen and oxygen atoms in total. The van der Waals surface area contributed by atoms with Gasteiger partial charge in [0.1, 0.15) is 0 Å². The number of para-hydroxylation sites is 1. The standard InChI is InChI=1S/C23H31N3O2/c1-28-13-5-7-19-14-18(21-8-2-3-9-22(21)25-19)16-26(20-10-11-20)23(27)17-6-4-12-24-15-17/h2-3,8-9,14,17,20,24H,4-7,10-13,15-16H2,1H3/t17-/m1/s1. The molecule has 1 saturated heterocycles. The van der Waals surface area contributed by atoms with Crippen molar-refractivity contribution < 1.29 is 9.53 Å². The normalized spacial score (nSPS) is 19.7. The van der Waals surface area contributed by atoms with Crippen molar-refractivity contribution in [3.05, 3.63) is 41.6 Å². The van der Waals surface area contributed by atoms with Crippen molar-refractivity contribution in [2.45, 2.75) is 51.1 Å². The van der Waals surface area contributed by atoms with Crippen LogP contribution < -0.4 is 5.32 Å². The van der Waals surface area contributed by atoms with Gasteiger partial charge in [-0.25, -0.2) is 0 Å². The molecule has 1 aromatic carbocycles. The molecule has 0 spiro atoms. The van der Waals surface area contributed by atoms with Crippen molar-refractivity contribution in [2.75, 3.05) is 26.8 Å². The van der Waals surface area contributed by atoms with Gasteiger partial charge in [0.2, 0.25) is 5.91 Å². The Morgan fingerprint density at radius 3 is 2.89 bits per heavy atom. The number of aryl methyl sites for hydroxylation is 1. The number of amides is 1. The number of nitrogens with one attached hydrogen (secondary N) is 1. The molecule has 4 rings (SSSR count). The molecule has 150 valence electrons. The van der Waals surface area contributed by atoms with E-state index in [0.717, 1.165) is 69.4 Å². The lowest BCUT2D eigenvalue weighted by atomic mass is 9.97. The van der Waals surface area contributed by atoms with Gasteiger partial charge in [-0.15, -0.1) is 0 Å². The highest BCUT2D eigenvalue weighted by atomic mass is 16.5. The topological polar surface area (TPSA) is 54.5 Å². The van der Waals surface area contributed by atoms with Crippen LogP contribution >= 0.6 is 0 Å². The number of nitrogens with zero attached hydrogens (tertiary/aromatic N) is 2. The summed E-state index contributed by atoms with van der Waals surface area (Å²) in [6.07, 6.45) is 6.23. The SMILES string of the molecule is COCCCc1cc(CN(C(=O)[C@@H]2CCCNC2)C2CC2)c2ccccc2n1. The third-order valence-electron chi connectivity index (χ3n) is 5.89. The Balaban J connectivity index is 1.59. The van der Waals surface area contributed by atoms with E-state index in [1.807, 2.05) is 6.07 Å².